The van der Waals surface area contributed by atoms with E-state index in [-0.39, 0.29) is 6.04 Å². The van der Waals surface area contributed by atoms with Gasteiger partial charge in [0.25, 0.3) is 0 Å². The summed E-state index contributed by atoms with van der Waals surface area (Å²) in [7, 11) is 0. The molecule has 0 aliphatic heterocycles. The van der Waals surface area contributed by atoms with Crippen molar-refractivity contribution in [3.05, 3.63) is 27.7 Å². The van der Waals surface area contributed by atoms with E-state index >= 15 is 0 Å². The lowest BCUT2D eigenvalue weighted by molar-refractivity contribution is 0.533. The quantitative estimate of drug-likeness (QED) is 0.891. The Morgan fingerprint density at radius 2 is 2.25 bits per heavy atom. The molecule has 0 saturated heterocycles. The first-order chi connectivity index (χ1) is 7.58. The number of nitrogens with zero attached hydrogens (tertiary/aromatic N) is 1. The zero-order valence-electron chi connectivity index (χ0n) is 9.30. The van der Waals surface area contributed by atoms with Crippen LogP contribution in [0.3, 0.4) is 0 Å². The number of hydrogen-bond donors (Lipinski definition) is 1. The van der Waals surface area contributed by atoms with Crippen molar-refractivity contribution in [3.63, 3.8) is 0 Å². The molecule has 0 bridgehead atoms. The minimum atomic E-state index is -0.168. The average molecular weight is 302 g/mol. The number of rotatable bonds is 4. The Hall–Kier alpha value is -0.720. The number of benzene rings is 1. The molecule has 0 aliphatic carbocycles. The number of anilines is 1. The molecule has 2 unspecified atom stereocenters. The van der Waals surface area contributed by atoms with E-state index in [1.54, 1.807) is 6.07 Å². The van der Waals surface area contributed by atoms with Crippen LogP contribution in [0.25, 0.3) is 0 Å². The standard InChI is InChI=1S/C12H14BrClN2/c1-3-8(2)12(7-15)16-9-4-5-11(14)10(13)6-9/h4-6,8,12,16H,3H2,1-2H3. The second kappa shape index (κ2) is 6.12. The zero-order chi connectivity index (χ0) is 12.1. The van der Waals surface area contributed by atoms with Gasteiger partial charge in [-0.1, -0.05) is 31.9 Å². The van der Waals surface area contributed by atoms with Crippen LogP contribution in [0.15, 0.2) is 22.7 Å². The van der Waals surface area contributed by atoms with Gasteiger partial charge in [-0.2, -0.15) is 5.26 Å². The molecular weight excluding hydrogens is 288 g/mol. The predicted octanol–water partition coefficient (Wildman–Crippen LogP) is 4.45. The maximum Gasteiger partial charge on any atom is 0.117 e. The highest BCUT2D eigenvalue weighted by atomic mass is 79.9. The van der Waals surface area contributed by atoms with Crippen LogP contribution in [0, 0.1) is 17.2 Å². The van der Waals surface area contributed by atoms with Gasteiger partial charge in [0.05, 0.1) is 11.1 Å². The molecule has 16 heavy (non-hydrogen) atoms. The Morgan fingerprint density at radius 1 is 1.56 bits per heavy atom. The highest BCUT2D eigenvalue weighted by Crippen LogP contribution is 2.26. The van der Waals surface area contributed by atoms with E-state index in [2.05, 4.69) is 41.2 Å². The van der Waals surface area contributed by atoms with E-state index in [0.717, 1.165) is 16.6 Å². The molecular formula is C12H14BrClN2. The molecule has 1 N–H and O–H groups in total. The highest BCUT2D eigenvalue weighted by molar-refractivity contribution is 9.10. The molecule has 2 nitrogen and oxygen atoms in total. The van der Waals surface area contributed by atoms with E-state index in [9.17, 15) is 0 Å². The molecule has 0 radical (unpaired) electrons. The summed E-state index contributed by atoms with van der Waals surface area (Å²) in [5, 5.41) is 12.9. The summed E-state index contributed by atoms with van der Waals surface area (Å²) >= 11 is 9.26. The van der Waals surface area contributed by atoms with Crippen molar-refractivity contribution in [2.24, 2.45) is 5.92 Å². The van der Waals surface area contributed by atoms with Gasteiger partial charge in [0.15, 0.2) is 0 Å². The number of nitriles is 1. The summed E-state index contributed by atoms with van der Waals surface area (Å²) < 4.78 is 0.833. The van der Waals surface area contributed by atoms with Crippen LogP contribution in [-0.2, 0) is 0 Å². The van der Waals surface area contributed by atoms with E-state index in [1.165, 1.54) is 0 Å². The lowest BCUT2D eigenvalue weighted by atomic mass is 10.0. The van der Waals surface area contributed by atoms with Crippen molar-refractivity contribution in [1.29, 1.82) is 5.26 Å². The van der Waals surface area contributed by atoms with Crippen molar-refractivity contribution >= 4 is 33.2 Å². The summed E-state index contributed by atoms with van der Waals surface area (Å²) in [6, 6.07) is 7.67. The maximum absolute atomic E-state index is 9.06. The Morgan fingerprint density at radius 3 is 2.75 bits per heavy atom. The second-order valence-electron chi connectivity index (χ2n) is 3.77. The van der Waals surface area contributed by atoms with Crippen molar-refractivity contribution in [2.75, 3.05) is 5.32 Å². The van der Waals surface area contributed by atoms with Gasteiger partial charge < -0.3 is 5.32 Å². The van der Waals surface area contributed by atoms with Crippen LogP contribution in [0.4, 0.5) is 5.69 Å². The number of halogens is 2. The first-order valence-corrected chi connectivity index (χ1v) is 6.36. The first-order valence-electron chi connectivity index (χ1n) is 5.19. The smallest absolute Gasteiger partial charge is 0.117 e. The molecule has 2 atom stereocenters. The summed E-state index contributed by atoms with van der Waals surface area (Å²) in [5.41, 5.74) is 0.906. The van der Waals surface area contributed by atoms with Crippen LogP contribution in [-0.4, -0.2) is 6.04 Å². The minimum Gasteiger partial charge on any atom is -0.370 e. The Bertz CT molecular complexity index is 400. The third-order valence-electron chi connectivity index (χ3n) is 2.59. The Kier molecular flexibility index (Phi) is 5.11. The predicted molar refractivity (Wildman–Crippen MR) is 71.6 cm³/mol. The van der Waals surface area contributed by atoms with E-state index in [4.69, 9.17) is 16.9 Å². The van der Waals surface area contributed by atoms with Crippen LogP contribution in [0.2, 0.25) is 5.02 Å². The van der Waals surface area contributed by atoms with Crippen LogP contribution in [0.5, 0.6) is 0 Å². The molecule has 1 aromatic carbocycles. The maximum atomic E-state index is 9.06. The van der Waals surface area contributed by atoms with Crippen LogP contribution >= 0.6 is 27.5 Å². The highest BCUT2D eigenvalue weighted by Gasteiger charge is 2.14. The number of nitrogens with one attached hydrogen (secondary N) is 1. The van der Waals surface area contributed by atoms with Crippen molar-refractivity contribution < 1.29 is 0 Å². The summed E-state index contributed by atoms with van der Waals surface area (Å²) in [5.74, 6) is 0.319. The van der Waals surface area contributed by atoms with Gasteiger partial charge in [0.2, 0.25) is 0 Å². The molecule has 1 aromatic rings. The topological polar surface area (TPSA) is 35.8 Å². The Labute approximate surface area is 110 Å². The molecule has 1 rings (SSSR count). The fourth-order valence-corrected chi connectivity index (χ4v) is 1.80. The van der Waals surface area contributed by atoms with Gasteiger partial charge in [0.1, 0.15) is 6.04 Å². The van der Waals surface area contributed by atoms with Crippen LogP contribution < -0.4 is 5.32 Å². The lowest BCUT2D eigenvalue weighted by Crippen LogP contribution is -2.25. The molecule has 0 heterocycles. The SMILES string of the molecule is CCC(C)C(C#N)Nc1ccc(Cl)c(Br)c1. The van der Waals surface area contributed by atoms with Gasteiger partial charge in [-0.3, -0.25) is 0 Å². The van der Waals surface area contributed by atoms with Gasteiger partial charge in [0, 0.05) is 10.2 Å². The zero-order valence-corrected chi connectivity index (χ0v) is 11.6. The van der Waals surface area contributed by atoms with E-state index in [1.807, 2.05) is 12.1 Å². The van der Waals surface area contributed by atoms with Crippen molar-refractivity contribution in [2.45, 2.75) is 26.3 Å². The fraction of sp³-hybridized carbons (Fsp3) is 0.417. The molecule has 4 heteroatoms. The molecule has 0 spiro atoms. The fourth-order valence-electron chi connectivity index (χ4n) is 1.30. The van der Waals surface area contributed by atoms with Gasteiger partial charge >= 0.3 is 0 Å². The number of hydrogen-bond acceptors (Lipinski definition) is 2. The molecule has 0 amide bonds. The molecule has 0 aliphatic rings. The normalized spacial score (nSPS) is 13.9. The lowest BCUT2D eigenvalue weighted by Gasteiger charge is -2.18. The molecule has 0 saturated carbocycles. The minimum absolute atomic E-state index is 0.168. The summed E-state index contributed by atoms with van der Waals surface area (Å²) in [6.07, 6.45) is 0.972. The van der Waals surface area contributed by atoms with Crippen LogP contribution in [0.1, 0.15) is 20.3 Å². The average Bonchev–Trinajstić information content (AvgIpc) is 2.29. The monoisotopic (exact) mass is 300 g/mol. The first kappa shape index (κ1) is 13.3. The summed E-state index contributed by atoms with van der Waals surface area (Å²) in [6.45, 7) is 4.14. The van der Waals surface area contributed by atoms with Crippen molar-refractivity contribution in [3.8, 4) is 6.07 Å². The third kappa shape index (κ3) is 3.40. The molecule has 0 fully saturated rings. The van der Waals surface area contributed by atoms with Crippen molar-refractivity contribution in [1.82, 2.24) is 0 Å². The van der Waals surface area contributed by atoms with Gasteiger partial charge in [-0.15, -0.1) is 0 Å². The van der Waals surface area contributed by atoms with E-state index in [0.29, 0.717) is 10.9 Å². The van der Waals surface area contributed by atoms with E-state index < -0.39 is 0 Å². The largest absolute Gasteiger partial charge is 0.370 e. The van der Waals surface area contributed by atoms with Gasteiger partial charge in [-0.25, -0.2) is 0 Å². The summed E-state index contributed by atoms with van der Waals surface area (Å²) in [4.78, 5) is 0. The van der Waals surface area contributed by atoms with Gasteiger partial charge in [-0.05, 0) is 40.0 Å². The molecule has 0 aromatic heterocycles. The second-order valence-corrected chi connectivity index (χ2v) is 5.03. The third-order valence-corrected chi connectivity index (χ3v) is 3.81. The Balaban J connectivity index is 2.79. The molecule has 86 valence electrons.